The Morgan fingerprint density at radius 1 is 1.40 bits per heavy atom. The molecule has 0 spiro atoms. The van der Waals surface area contributed by atoms with Gasteiger partial charge in [0.05, 0.1) is 12.5 Å². The van der Waals surface area contributed by atoms with Crippen molar-refractivity contribution in [1.82, 2.24) is 5.32 Å². The number of hydrogen-bond acceptors (Lipinski definition) is 3. The minimum absolute atomic E-state index is 0.0943. The van der Waals surface area contributed by atoms with Crippen LogP contribution in [0.5, 0.6) is 5.75 Å². The summed E-state index contributed by atoms with van der Waals surface area (Å²) in [7, 11) is 0. The lowest BCUT2D eigenvalue weighted by Gasteiger charge is -2.14. The van der Waals surface area contributed by atoms with Gasteiger partial charge in [-0.15, -0.1) is 0 Å². The number of ether oxygens (including phenoxy) is 1. The van der Waals surface area contributed by atoms with Crippen molar-refractivity contribution >= 4 is 21.9 Å². The van der Waals surface area contributed by atoms with Crippen LogP contribution < -0.4 is 10.1 Å². The van der Waals surface area contributed by atoms with Crippen LogP contribution in [0.1, 0.15) is 30.9 Å². The van der Waals surface area contributed by atoms with Gasteiger partial charge in [0.2, 0.25) is 0 Å². The van der Waals surface area contributed by atoms with Crippen molar-refractivity contribution < 1.29 is 14.6 Å². The number of hydrogen-bond donors (Lipinski definition) is 2. The topological polar surface area (TPSA) is 58.6 Å². The maximum Gasteiger partial charge on any atom is 0.307 e. The lowest BCUT2D eigenvalue weighted by atomic mass is 10.00. The third kappa shape index (κ3) is 3.33. The quantitative estimate of drug-likeness (QED) is 0.865. The molecule has 1 aromatic rings. The highest BCUT2D eigenvalue weighted by molar-refractivity contribution is 9.10. The minimum atomic E-state index is -0.722. The van der Waals surface area contributed by atoms with Crippen molar-refractivity contribution in [2.45, 2.75) is 25.3 Å². The molecule has 1 heterocycles. The Bertz CT molecular complexity index is 516. The zero-order valence-electron chi connectivity index (χ0n) is 11.1. The van der Waals surface area contributed by atoms with Gasteiger partial charge in [0.1, 0.15) is 5.75 Å². The number of aliphatic carboxylic acids is 1. The van der Waals surface area contributed by atoms with Crippen LogP contribution in [0.4, 0.5) is 0 Å². The second-order valence-corrected chi connectivity index (χ2v) is 6.62. The van der Waals surface area contributed by atoms with Gasteiger partial charge in [0.15, 0.2) is 0 Å². The van der Waals surface area contributed by atoms with E-state index in [2.05, 4.69) is 21.2 Å². The fraction of sp³-hybridized carbons (Fsp3) is 0.533. The Labute approximate surface area is 126 Å². The second kappa shape index (κ2) is 5.74. The molecular weight excluding hydrogens is 322 g/mol. The summed E-state index contributed by atoms with van der Waals surface area (Å²) in [6, 6.07) is 6.12. The lowest BCUT2D eigenvalue weighted by molar-refractivity contribution is -0.141. The fourth-order valence-electron chi connectivity index (χ4n) is 2.55. The van der Waals surface area contributed by atoms with Gasteiger partial charge in [-0.2, -0.15) is 0 Å². The molecule has 1 aromatic carbocycles. The van der Waals surface area contributed by atoms with Gasteiger partial charge in [-0.05, 0) is 48.9 Å². The van der Waals surface area contributed by atoms with Crippen LogP contribution in [0.2, 0.25) is 0 Å². The molecule has 1 saturated carbocycles. The van der Waals surface area contributed by atoms with E-state index in [9.17, 15) is 4.79 Å². The average Bonchev–Trinajstić information content (AvgIpc) is 3.09. The number of nitrogens with one attached hydrogen (secondary N) is 1. The van der Waals surface area contributed by atoms with Crippen molar-refractivity contribution in [2.24, 2.45) is 11.8 Å². The molecule has 1 aliphatic heterocycles. The van der Waals surface area contributed by atoms with Crippen LogP contribution in [-0.4, -0.2) is 24.2 Å². The Morgan fingerprint density at radius 2 is 2.20 bits per heavy atom. The Kier molecular flexibility index (Phi) is 3.98. The van der Waals surface area contributed by atoms with Crippen LogP contribution in [0, 0.1) is 11.8 Å². The van der Waals surface area contributed by atoms with Crippen molar-refractivity contribution in [1.29, 1.82) is 0 Å². The number of rotatable bonds is 5. The van der Waals surface area contributed by atoms with E-state index in [4.69, 9.17) is 9.84 Å². The van der Waals surface area contributed by atoms with Crippen LogP contribution in [0.15, 0.2) is 22.7 Å². The number of carboxylic acid groups (broad SMARTS) is 1. The van der Waals surface area contributed by atoms with Crippen molar-refractivity contribution in [2.75, 3.05) is 13.2 Å². The Balaban J connectivity index is 1.70. The maximum atomic E-state index is 11.0. The molecule has 2 N–H and O–H groups in total. The minimum Gasteiger partial charge on any atom is -0.493 e. The predicted octanol–water partition coefficient (Wildman–Crippen LogP) is 2.97. The molecule has 0 radical (unpaired) electrons. The molecule has 2 fully saturated rings. The van der Waals surface area contributed by atoms with E-state index in [1.807, 2.05) is 18.2 Å². The van der Waals surface area contributed by atoms with Gasteiger partial charge in [0.25, 0.3) is 0 Å². The molecule has 2 atom stereocenters. The van der Waals surface area contributed by atoms with Gasteiger partial charge < -0.3 is 15.2 Å². The van der Waals surface area contributed by atoms with Crippen LogP contribution >= 0.6 is 15.9 Å². The van der Waals surface area contributed by atoms with Gasteiger partial charge >= 0.3 is 5.97 Å². The van der Waals surface area contributed by atoms with Crippen molar-refractivity contribution in [3.05, 3.63) is 28.2 Å². The highest BCUT2D eigenvalue weighted by Gasteiger charge is 2.30. The monoisotopic (exact) mass is 339 g/mol. The molecule has 108 valence electrons. The van der Waals surface area contributed by atoms with Crippen molar-refractivity contribution in [3.63, 3.8) is 0 Å². The zero-order valence-corrected chi connectivity index (χ0v) is 12.7. The third-order valence-electron chi connectivity index (χ3n) is 3.96. The first-order valence-electron chi connectivity index (χ1n) is 7.01. The standard InChI is InChI=1S/C15H18BrNO3/c16-12-3-10(14-5-11(7-17-14)15(18)19)4-13(6-12)20-8-9-1-2-9/h3-4,6,9,11,14,17H,1-2,5,7-8H2,(H,18,19). The molecule has 20 heavy (non-hydrogen) atoms. The summed E-state index contributed by atoms with van der Waals surface area (Å²) in [4.78, 5) is 11.0. The molecule has 5 heteroatoms. The highest BCUT2D eigenvalue weighted by Crippen LogP contribution is 2.34. The highest BCUT2D eigenvalue weighted by atomic mass is 79.9. The molecule has 0 bridgehead atoms. The number of carbonyl (C=O) groups is 1. The van der Waals surface area contributed by atoms with E-state index in [1.54, 1.807) is 0 Å². The summed E-state index contributed by atoms with van der Waals surface area (Å²) in [6.45, 7) is 1.32. The van der Waals surface area contributed by atoms with E-state index >= 15 is 0 Å². The van der Waals surface area contributed by atoms with Gasteiger partial charge in [0, 0.05) is 17.1 Å². The fourth-order valence-corrected chi connectivity index (χ4v) is 3.04. The summed E-state index contributed by atoms with van der Waals surface area (Å²) < 4.78 is 6.78. The number of carboxylic acids is 1. The Morgan fingerprint density at radius 3 is 2.85 bits per heavy atom. The summed E-state index contributed by atoms with van der Waals surface area (Å²) in [5.41, 5.74) is 1.09. The molecular formula is C15H18BrNO3. The first kappa shape index (κ1) is 13.9. The number of benzene rings is 1. The predicted molar refractivity (Wildman–Crippen MR) is 78.8 cm³/mol. The largest absolute Gasteiger partial charge is 0.493 e. The summed E-state index contributed by atoms with van der Waals surface area (Å²) in [5.74, 6) is 0.565. The first-order chi connectivity index (χ1) is 9.61. The molecule has 4 nitrogen and oxygen atoms in total. The van der Waals surface area contributed by atoms with E-state index in [0.29, 0.717) is 13.0 Å². The molecule has 0 amide bonds. The number of halogens is 1. The first-order valence-corrected chi connectivity index (χ1v) is 7.80. The molecule has 3 rings (SSSR count). The smallest absolute Gasteiger partial charge is 0.307 e. The molecule has 0 aromatic heterocycles. The van der Waals surface area contributed by atoms with E-state index in [0.717, 1.165) is 28.3 Å². The SMILES string of the molecule is O=C(O)C1CNC(c2cc(Br)cc(OCC3CC3)c2)C1. The van der Waals surface area contributed by atoms with Gasteiger partial charge in [-0.3, -0.25) is 4.79 Å². The van der Waals surface area contributed by atoms with Crippen molar-refractivity contribution in [3.8, 4) is 5.75 Å². The summed E-state index contributed by atoms with van der Waals surface area (Å²) >= 11 is 3.50. The molecule has 1 saturated heterocycles. The van der Waals surface area contributed by atoms with E-state index in [1.165, 1.54) is 12.8 Å². The van der Waals surface area contributed by atoms with Gasteiger partial charge in [-0.25, -0.2) is 0 Å². The maximum absolute atomic E-state index is 11.0. The molecule has 1 aliphatic carbocycles. The molecule has 2 aliphatic rings. The summed E-state index contributed by atoms with van der Waals surface area (Å²) in [5, 5.41) is 12.3. The second-order valence-electron chi connectivity index (χ2n) is 5.71. The van der Waals surface area contributed by atoms with Crippen LogP contribution in [0.25, 0.3) is 0 Å². The van der Waals surface area contributed by atoms with Gasteiger partial charge in [-0.1, -0.05) is 15.9 Å². The Hall–Kier alpha value is -1.07. The summed E-state index contributed by atoms with van der Waals surface area (Å²) in [6.07, 6.45) is 3.17. The molecule has 2 unspecified atom stereocenters. The zero-order chi connectivity index (χ0) is 14.1. The third-order valence-corrected chi connectivity index (χ3v) is 4.42. The van der Waals surface area contributed by atoms with Crippen LogP contribution in [-0.2, 0) is 4.79 Å². The van der Waals surface area contributed by atoms with E-state index < -0.39 is 5.97 Å². The lowest BCUT2D eigenvalue weighted by Crippen LogP contribution is -2.17. The average molecular weight is 340 g/mol. The van der Waals surface area contributed by atoms with Crippen LogP contribution in [0.3, 0.4) is 0 Å². The van der Waals surface area contributed by atoms with E-state index in [-0.39, 0.29) is 12.0 Å². The normalized spacial score (nSPS) is 25.6.